The molecule has 2 aromatic carbocycles. The van der Waals surface area contributed by atoms with E-state index < -0.39 is 6.03 Å². The summed E-state index contributed by atoms with van der Waals surface area (Å²) in [5.41, 5.74) is 3.67. The van der Waals surface area contributed by atoms with Gasteiger partial charge in [-0.1, -0.05) is 23.7 Å². The number of amides is 3. The van der Waals surface area contributed by atoms with Crippen LogP contribution < -0.4 is 16.0 Å². The fourth-order valence-electron chi connectivity index (χ4n) is 2.23. The SMILES string of the molecule is CC(=O)Nc1cccc(NC(=O)Nc2c(C)cc(C)cc2Cl)c1. The highest BCUT2D eigenvalue weighted by Crippen LogP contribution is 2.27. The van der Waals surface area contributed by atoms with Crippen molar-refractivity contribution >= 4 is 40.6 Å². The van der Waals surface area contributed by atoms with Crippen LogP contribution in [-0.4, -0.2) is 11.9 Å². The highest BCUT2D eigenvalue weighted by Gasteiger charge is 2.10. The first-order valence-electron chi connectivity index (χ1n) is 7.07. The first-order chi connectivity index (χ1) is 10.8. The molecule has 5 nitrogen and oxygen atoms in total. The molecule has 0 aliphatic rings. The van der Waals surface area contributed by atoms with Gasteiger partial charge in [0.05, 0.1) is 10.7 Å². The zero-order chi connectivity index (χ0) is 17.0. The number of carbonyl (C=O) groups excluding carboxylic acids is 2. The lowest BCUT2D eigenvalue weighted by atomic mass is 10.1. The summed E-state index contributed by atoms with van der Waals surface area (Å²) in [4.78, 5) is 23.2. The van der Waals surface area contributed by atoms with Crippen molar-refractivity contribution in [1.29, 1.82) is 0 Å². The van der Waals surface area contributed by atoms with Crippen molar-refractivity contribution in [3.63, 3.8) is 0 Å². The number of hydrogen-bond acceptors (Lipinski definition) is 2. The highest BCUT2D eigenvalue weighted by atomic mass is 35.5. The van der Waals surface area contributed by atoms with Crippen LogP contribution in [0.4, 0.5) is 21.9 Å². The van der Waals surface area contributed by atoms with Gasteiger partial charge in [0.1, 0.15) is 0 Å². The minimum absolute atomic E-state index is 0.173. The topological polar surface area (TPSA) is 70.2 Å². The van der Waals surface area contributed by atoms with Crippen LogP contribution in [0.3, 0.4) is 0 Å². The molecule has 0 spiro atoms. The Morgan fingerprint density at radius 1 is 0.957 bits per heavy atom. The Kier molecular flexibility index (Phi) is 5.24. The summed E-state index contributed by atoms with van der Waals surface area (Å²) in [6.45, 7) is 5.25. The Bertz CT molecular complexity index is 736. The molecule has 0 aliphatic carbocycles. The third-order valence-corrected chi connectivity index (χ3v) is 3.41. The third-order valence-electron chi connectivity index (χ3n) is 3.11. The van der Waals surface area contributed by atoms with Gasteiger partial charge in [-0.2, -0.15) is 0 Å². The Balaban J connectivity index is 2.10. The lowest BCUT2D eigenvalue weighted by Gasteiger charge is -2.13. The Morgan fingerprint density at radius 2 is 1.61 bits per heavy atom. The number of anilines is 3. The van der Waals surface area contributed by atoms with Crippen molar-refractivity contribution in [2.45, 2.75) is 20.8 Å². The van der Waals surface area contributed by atoms with Gasteiger partial charge in [0.2, 0.25) is 5.91 Å². The van der Waals surface area contributed by atoms with Crippen molar-refractivity contribution in [1.82, 2.24) is 0 Å². The summed E-state index contributed by atoms with van der Waals surface area (Å²) in [7, 11) is 0. The molecule has 0 aromatic heterocycles. The fourth-order valence-corrected chi connectivity index (χ4v) is 2.60. The van der Waals surface area contributed by atoms with Crippen LogP contribution in [0.1, 0.15) is 18.1 Å². The Hall–Kier alpha value is -2.53. The van der Waals surface area contributed by atoms with E-state index in [0.29, 0.717) is 22.1 Å². The molecule has 2 rings (SSSR count). The third kappa shape index (κ3) is 4.72. The number of aryl methyl sites for hydroxylation is 2. The van der Waals surface area contributed by atoms with E-state index in [1.807, 2.05) is 19.9 Å². The number of halogens is 1. The summed E-state index contributed by atoms with van der Waals surface area (Å²) < 4.78 is 0. The van der Waals surface area contributed by atoms with Gasteiger partial charge < -0.3 is 16.0 Å². The van der Waals surface area contributed by atoms with Gasteiger partial charge in [0.25, 0.3) is 0 Å². The van der Waals surface area contributed by atoms with Crippen molar-refractivity contribution in [3.05, 3.63) is 52.5 Å². The minimum atomic E-state index is -0.404. The van der Waals surface area contributed by atoms with Crippen molar-refractivity contribution in [2.24, 2.45) is 0 Å². The maximum atomic E-state index is 12.1. The van der Waals surface area contributed by atoms with E-state index in [0.717, 1.165) is 11.1 Å². The predicted molar refractivity (Wildman–Crippen MR) is 94.3 cm³/mol. The molecule has 120 valence electrons. The van der Waals surface area contributed by atoms with Crippen molar-refractivity contribution in [2.75, 3.05) is 16.0 Å². The first kappa shape index (κ1) is 16.8. The minimum Gasteiger partial charge on any atom is -0.326 e. The largest absolute Gasteiger partial charge is 0.326 e. The van der Waals surface area contributed by atoms with Crippen LogP contribution in [0.15, 0.2) is 36.4 Å². The number of benzene rings is 2. The molecule has 2 aromatic rings. The molecular formula is C17H18ClN3O2. The van der Waals surface area contributed by atoms with E-state index in [4.69, 9.17) is 11.6 Å². The van der Waals surface area contributed by atoms with Crippen LogP contribution in [0.2, 0.25) is 5.02 Å². The van der Waals surface area contributed by atoms with Gasteiger partial charge in [0, 0.05) is 18.3 Å². The fraction of sp³-hybridized carbons (Fsp3) is 0.176. The van der Waals surface area contributed by atoms with Crippen LogP contribution >= 0.6 is 11.6 Å². The molecule has 6 heteroatoms. The van der Waals surface area contributed by atoms with Gasteiger partial charge in [-0.3, -0.25) is 4.79 Å². The van der Waals surface area contributed by atoms with E-state index in [1.165, 1.54) is 6.92 Å². The Labute approximate surface area is 140 Å². The summed E-state index contributed by atoms with van der Waals surface area (Å²) in [6.07, 6.45) is 0. The monoisotopic (exact) mass is 331 g/mol. The number of rotatable bonds is 3. The second-order valence-electron chi connectivity index (χ2n) is 5.28. The average Bonchev–Trinajstić information content (AvgIpc) is 2.42. The maximum Gasteiger partial charge on any atom is 0.323 e. The van der Waals surface area contributed by atoms with Crippen molar-refractivity contribution < 1.29 is 9.59 Å². The van der Waals surface area contributed by atoms with E-state index in [1.54, 1.807) is 30.3 Å². The number of hydrogen-bond donors (Lipinski definition) is 3. The van der Waals surface area contributed by atoms with E-state index in [2.05, 4.69) is 16.0 Å². The zero-order valence-corrected chi connectivity index (χ0v) is 13.9. The Morgan fingerprint density at radius 3 is 2.22 bits per heavy atom. The maximum absolute atomic E-state index is 12.1. The zero-order valence-electron chi connectivity index (χ0n) is 13.2. The number of carbonyl (C=O) groups is 2. The van der Waals surface area contributed by atoms with Crippen molar-refractivity contribution in [3.8, 4) is 0 Å². The molecule has 23 heavy (non-hydrogen) atoms. The average molecular weight is 332 g/mol. The lowest BCUT2D eigenvalue weighted by molar-refractivity contribution is -0.114. The molecule has 0 aliphatic heterocycles. The van der Waals surface area contributed by atoms with Gasteiger partial charge in [-0.15, -0.1) is 0 Å². The van der Waals surface area contributed by atoms with Gasteiger partial charge in [-0.25, -0.2) is 4.79 Å². The molecule has 0 unspecified atom stereocenters. The van der Waals surface area contributed by atoms with E-state index in [9.17, 15) is 9.59 Å². The lowest BCUT2D eigenvalue weighted by Crippen LogP contribution is -2.20. The molecule has 0 saturated heterocycles. The smallest absolute Gasteiger partial charge is 0.323 e. The molecule has 0 fully saturated rings. The van der Waals surface area contributed by atoms with Gasteiger partial charge >= 0.3 is 6.03 Å². The molecular weight excluding hydrogens is 314 g/mol. The predicted octanol–water partition coefficient (Wildman–Crippen LogP) is 4.56. The summed E-state index contributed by atoms with van der Waals surface area (Å²) in [5.74, 6) is -0.173. The highest BCUT2D eigenvalue weighted by molar-refractivity contribution is 6.34. The van der Waals surface area contributed by atoms with Crippen LogP contribution in [-0.2, 0) is 4.79 Å². The molecule has 0 atom stereocenters. The number of urea groups is 1. The molecule has 0 bridgehead atoms. The van der Waals surface area contributed by atoms with Crippen LogP contribution in [0.5, 0.6) is 0 Å². The summed E-state index contributed by atoms with van der Waals surface area (Å²) >= 11 is 6.17. The molecule has 0 saturated carbocycles. The molecule has 0 heterocycles. The van der Waals surface area contributed by atoms with Gasteiger partial charge in [-0.05, 0) is 49.2 Å². The van der Waals surface area contributed by atoms with Crippen LogP contribution in [0, 0.1) is 13.8 Å². The molecule has 0 radical (unpaired) electrons. The second-order valence-corrected chi connectivity index (χ2v) is 5.69. The van der Waals surface area contributed by atoms with Gasteiger partial charge in [0.15, 0.2) is 0 Å². The summed E-state index contributed by atoms with van der Waals surface area (Å²) in [5, 5.41) is 8.61. The first-order valence-corrected chi connectivity index (χ1v) is 7.45. The number of nitrogens with one attached hydrogen (secondary N) is 3. The standard InChI is InChI=1S/C17H18ClN3O2/c1-10-7-11(2)16(15(18)8-10)21-17(23)20-14-6-4-5-13(9-14)19-12(3)22/h4-9H,1-3H3,(H,19,22)(H2,20,21,23). The normalized spacial score (nSPS) is 10.1. The molecule has 3 N–H and O–H groups in total. The molecule has 3 amide bonds. The quantitative estimate of drug-likeness (QED) is 0.771. The summed E-state index contributed by atoms with van der Waals surface area (Å²) in [6, 6.07) is 10.2. The van der Waals surface area contributed by atoms with E-state index in [-0.39, 0.29) is 5.91 Å². The van der Waals surface area contributed by atoms with Crippen LogP contribution in [0.25, 0.3) is 0 Å². The second kappa shape index (κ2) is 7.15. The van der Waals surface area contributed by atoms with E-state index >= 15 is 0 Å².